The predicted octanol–water partition coefficient (Wildman–Crippen LogP) is 3.13. The summed E-state index contributed by atoms with van der Waals surface area (Å²) < 4.78 is 1.000. The van der Waals surface area contributed by atoms with Crippen molar-refractivity contribution < 1.29 is 4.79 Å². The van der Waals surface area contributed by atoms with Gasteiger partial charge in [0.05, 0.1) is 6.42 Å². The number of unbranched alkanes of at least 4 members (excludes halogenated alkanes) is 1. The normalized spacial score (nSPS) is 10.1. The molecule has 0 saturated heterocycles. The molecule has 0 saturated carbocycles. The van der Waals surface area contributed by atoms with Crippen LogP contribution < -0.4 is 5.32 Å². The molecule has 0 aliphatic rings. The summed E-state index contributed by atoms with van der Waals surface area (Å²) in [6.07, 6.45) is 2.31. The topological polar surface area (TPSA) is 29.1 Å². The summed E-state index contributed by atoms with van der Waals surface area (Å²) in [7, 11) is 0. The van der Waals surface area contributed by atoms with Crippen molar-refractivity contribution in [2.75, 3.05) is 12.4 Å². The Labute approximate surface area is 110 Å². The van der Waals surface area contributed by atoms with E-state index >= 15 is 0 Å². The predicted molar refractivity (Wildman–Crippen MR) is 70.8 cm³/mol. The molecule has 16 heavy (non-hydrogen) atoms. The van der Waals surface area contributed by atoms with Gasteiger partial charge in [-0.15, -0.1) is 11.6 Å². The molecular formula is C12H15BrClNO. The molecule has 0 radical (unpaired) electrons. The van der Waals surface area contributed by atoms with Crippen LogP contribution in [0.25, 0.3) is 0 Å². The van der Waals surface area contributed by atoms with Gasteiger partial charge in [0, 0.05) is 16.9 Å². The molecule has 0 aliphatic carbocycles. The maximum Gasteiger partial charge on any atom is 0.224 e. The molecule has 88 valence electrons. The molecule has 0 spiro atoms. The summed E-state index contributed by atoms with van der Waals surface area (Å²) in [4.78, 5) is 11.5. The number of carbonyl (C=O) groups excluding carboxylic acids is 1. The van der Waals surface area contributed by atoms with E-state index in [2.05, 4.69) is 21.2 Å². The average molecular weight is 305 g/mol. The molecule has 0 fully saturated rings. The van der Waals surface area contributed by atoms with Gasteiger partial charge in [-0.1, -0.05) is 28.1 Å². The fourth-order valence-electron chi connectivity index (χ4n) is 1.34. The van der Waals surface area contributed by atoms with E-state index < -0.39 is 0 Å². The Hall–Kier alpha value is -0.540. The van der Waals surface area contributed by atoms with E-state index in [-0.39, 0.29) is 5.91 Å². The third-order valence-electron chi connectivity index (χ3n) is 2.14. The molecule has 4 heteroatoms. The van der Waals surface area contributed by atoms with Gasteiger partial charge in [-0.2, -0.15) is 0 Å². The molecule has 1 rings (SSSR count). The number of amides is 1. The number of alkyl halides is 1. The van der Waals surface area contributed by atoms with Crippen molar-refractivity contribution in [3.63, 3.8) is 0 Å². The zero-order valence-electron chi connectivity index (χ0n) is 9.01. The zero-order chi connectivity index (χ0) is 11.8. The number of rotatable bonds is 6. The standard InChI is InChI=1S/C12H15BrClNO/c13-11-5-3-4-10(8-11)9-12(16)15-7-2-1-6-14/h3-5,8H,1-2,6-7,9H2,(H,15,16). The van der Waals surface area contributed by atoms with E-state index in [1.807, 2.05) is 24.3 Å². The minimum Gasteiger partial charge on any atom is -0.356 e. The summed E-state index contributed by atoms with van der Waals surface area (Å²) in [5.74, 6) is 0.717. The molecule has 0 bridgehead atoms. The van der Waals surface area contributed by atoms with Crippen molar-refractivity contribution in [3.8, 4) is 0 Å². The highest BCUT2D eigenvalue weighted by Crippen LogP contribution is 2.11. The van der Waals surface area contributed by atoms with Crippen LogP contribution in [0.15, 0.2) is 28.7 Å². The molecule has 0 atom stereocenters. The number of halogens is 2. The van der Waals surface area contributed by atoms with Crippen molar-refractivity contribution >= 4 is 33.4 Å². The molecular weight excluding hydrogens is 289 g/mol. The summed E-state index contributed by atoms with van der Waals surface area (Å²) >= 11 is 8.92. The van der Waals surface area contributed by atoms with Crippen LogP contribution in [0.5, 0.6) is 0 Å². The van der Waals surface area contributed by atoms with E-state index in [4.69, 9.17) is 11.6 Å². The molecule has 0 aliphatic heterocycles. The van der Waals surface area contributed by atoms with Gasteiger partial charge >= 0.3 is 0 Å². The Balaban J connectivity index is 2.29. The van der Waals surface area contributed by atoms with Crippen LogP contribution in [-0.2, 0) is 11.2 Å². The Bertz CT molecular complexity index is 344. The second kappa shape index (κ2) is 7.69. The van der Waals surface area contributed by atoms with Gasteiger partial charge in [0.15, 0.2) is 0 Å². The van der Waals surface area contributed by atoms with Gasteiger partial charge in [-0.3, -0.25) is 4.79 Å². The smallest absolute Gasteiger partial charge is 0.224 e. The van der Waals surface area contributed by atoms with Crippen molar-refractivity contribution in [1.82, 2.24) is 5.32 Å². The van der Waals surface area contributed by atoms with E-state index in [0.29, 0.717) is 18.8 Å². The van der Waals surface area contributed by atoms with Crippen LogP contribution in [0.2, 0.25) is 0 Å². The van der Waals surface area contributed by atoms with Crippen molar-refractivity contribution in [2.24, 2.45) is 0 Å². The Morgan fingerprint density at radius 3 is 2.88 bits per heavy atom. The first-order chi connectivity index (χ1) is 7.72. The molecule has 0 aromatic heterocycles. The average Bonchev–Trinajstić information content (AvgIpc) is 2.24. The minimum atomic E-state index is 0.0627. The van der Waals surface area contributed by atoms with Crippen LogP contribution in [0.1, 0.15) is 18.4 Å². The van der Waals surface area contributed by atoms with Gasteiger partial charge < -0.3 is 5.32 Å². The fourth-order valence-corrected chi connectivity index (χ4v) is 1.98. The highest BCUT2D eigenvalue weighted by atomic mass is 79.9. The SMILES string of the molecule is O=C(Cc1cccc(Br)c1)NCCCCCl. The largest absolute Gasteiger partial charge is 0.356 e. The van der Waals surface area contributed by atoms with Gasteiger partial charge in [-0.05, 0) is 30.5 Å². The lowest BCUT2D eigenvalue weighted by molar-refractivity contribution is -0.120. The minimum absolute atomic E-state index is 0.0627. The molecule has 1 aromatic carbocycles. The van der Waals surface area contributed by atoms with E-state index in [1.165, 1.54) is 0 Å². The third-order valence-corrected chi connectivity index (χ3v) is 2.90. The first-order valence-electron chi connectivity index (χ1n) is 5.29. The number of hydrogen-bond donors (Lipinski definition) is 1. The Morgan fingerprint density at radius 2 is 2.19 bits per heavy atom. The summed E-state index contributed by atoms with van der Waals surface area (Å²) in [6, 6.07) is 7.78. The summed E-state index contributed by atoms with van der Waals surface area (Å²) in [5, 5.41) is 2.87. The highest BCUT2D eigenvalue weighted by molar-refractivity contribution is 9.10. The first kappa shape index (κ1) is 13.5. The van der Waals surface area contributed by atoms with E-state index in [9.17, 15) is 4.79 Å². The van der Waals surface area contributed by atoms with Gasteiger partial charge in [0.1, 0.15) is 0 Å². The van der Waals surface area contributed by atoms with Crippen LogP contribution >= 0.6 is 27.5 Å². The lowest BCUT2D eigenvalue weighted by Gasteiger charge is -2.04. The van der Waals surface area contributed by atoms with Crippen LogP contribution in [0, 0.1) is 0 Å². The quantitative estimate of drug-likeness (QED) is 0.635. The lowest BCUT2D eigenvalue weighted by atomic mass is 10.1. The maximum absolute atomic E-state index is 11.5. The Kier molecular flexibility index (Phi) is 6.50. The molecule has 1 aromatic rings. The van der Waals surface area contributed by atoms with Crippen LogP contribution in [-0.4, -0.2) is 18.3 Å². The fraction of sp³-hybridized carbons (Fsp3) is 0.417. The second-order valence-corrected chi connectivity index (χ2v) is 4.85. The van der Waals surface area contributed by atoms with Crippen LogP contribution in [0.3, 0.4) is 0 Å². The van der Waals surface area contributed by atoms with E-state index in [1.54, 1.807) is 0 Å². The van der Waals surface area contributed by atoms with Crippen molar-refractivity contribution in [3.05, 3.63) is 34.3 Å². The van der Waals surface area contributed by atoms with Crippen LogP contribution in [0.4, 0.5) is 0 Å². The highest BCUT2D eigenvalue weighted by Gasteiger charge is 2.02. The first-order valence-corrected chi connectivity index (χ1v) is 6.62. The zero-order valence-corrected chi connectivity index (χ0v) is 11.4. The van der Waals surface area contributed by atoms with Gasteiger partial charge in [-0.25, -0.2) is 0 Å². The lowest BCUT2D eigenvalue weighted by Crippen LogP contribution is -2.26. The summed E-state index contributed by atoms with van der Waals surface area (Å²) in [5.41, 5.74) is 1.02. The van der Waals surface area contributed by atoms with Crippen molar-refractivity contribution in [2.45, 2.75) is 19.3 Å². The number of hydrogen-bond acceptors (Lipinski definition) is 1. The monoisotopic (exact) mass is 303 g/mol. The van der Waals surface area contributed by atoms with Gasteiger partial charge in [0.25, 0.3) is 0 Å². The number of nitrogens with one attached hydrogen (secondary N) is 1. The number of carbonyl (C=O) groups is 1. The molecule has 1 N–H and O–H groups in total. The van der Waals surface area contributed by atoms with Gasteiger partial charge in [0.2, 0.25) is 5.91 Å². The number of benzene rings is 1. The second-order valence-electron chi connectivity index (χ2n) is 3.55. The van der Waals surface area contributed by atoms with E-state index in [0.717, 1.165) is 22.9 Å². The molecule has 0 unspecified atom stereocenters. The summed E-state index contributed by atoms with van der Waals surface area (Å²) in [6.45, 7) is 0.708. The Morgan fingerprint density at radius 1 is 1.38 bits per heavy atom. The molecule has 1 amide bonds. The van der Waals surface area contributed by atoms with Crippen molar-refractivity contribution in [1.29, 1.82) is 0 Å². The maximum atomic E-state index is 11.5. The third kappa shape index (κ3) is 5.52. The molecule has 2 nitrogen and oxygen atoms in total. The molecule has 0 heterocycles.